The van der Waals surface area contributed by atoms with E-state index in [1.165, 1.54) is 13.8 Å². The van der Waals surface area contributed by atoms with E-state index in [0.717, 1.165) is 12.1 Å². The van der Waals surface area contributed by atoms with E-state index in [1.54, 1.807) is 0 Å². The first-order chi connectivity index (χ1) is 9.29. The molecule has 0 unspecified atom stereocenters. The van der Waals surface area contributed by atoms with Crippen molar-refractivity contribution in [1.82, 2.24) is 5.32 Å². The number of aliphatic carboxylic acids is 1. The van der Waals surface area contributed by atoms with Crippen molar-refractivity contribution in [2.24, 2.45) is 0 Å². The van der Waals surface area contributed by atoms with Gasteiger partial charge in [-0.25, -0.2) is 13.6 Å². The minimum atomic E-state index is -1.16. The molecule has 0 fully saturated rings. The molecule has 0 radical (unpaired) electrons. The summed E-state index contributed by atoms with van der Waals surface area (Å²) < 4.78 is 30.6. The van der Waals surface area contributed by atoms with Crippen molar-refractivity contribution in [3.63, 3.8) is 0 Å². The number of carbonyl (C=O) groups excluding carboxylic acids is 1. The van der Waals surface area contributed by atoms with Crippen molar-refractivity contribution in [3.05, 3.63) is 41.1 Å². The third-order valence-corrected chi connectivity index (χ3v) is 2.42. The van der Waals surface area contributed by atoms with E-state index in [1.807, 2.05) is 0 Å². The van der Waals surface area contributed by atoms with Crippen LogP contribution in [0.2, 0.25) is 0 Å². The predicted molar refractivity (Wildman–Crippen MR) is 66.0 cm³/mol. The fraction of sp³-hybridized carbons (Fsp3) is 0.231. The summed E-state index contributed by atoms with van der Waals surface area (Å²) in [6, 6.07) is 2.54. The summed E-state index contributed by atoms with van der Waals surface area (Å²) in [5, 5.41) is 11.0. The fourth-order valence-electron chi connectivity index (χ4n) is 1.26. The molecule has 0 aliphatic heterocycles. The van der Waals surface area contributed by atoms with Gasteiger partial charge in [-0.2, -0.15) is 0 Å². The average Bonchev–Trinajstić information content (AvgIpc) is 2.34. The molecule has 7 heteroatoms. The zero-order valence-electron chi connectivity index (χ0n) is 10.9. The molecule has 5 nitrogen and oxygen atoms in total. The van der Waals surface area contributed by atoms with E-state index < -0.39 is 30.1 Å². The Bertz CT molecular complexity index is 549. The number of carboxylic acids is 1. The van der Waals surface area contributed by atoms with Gasteiger partial charge in [-0.15, -0.1) is 0 Å². The van der Waals surface area contributed by atoms with Gasteiger partial charge in [0.05, 0.1) is 5.57 Å². The summed E-state index contributed by atoms with van der Waals surface area (Å²) >= 11 is 0. The number of amides is 1. The minimum absolute atomic E-state index is 0.0184. The molecule has 1 amide bonds. The number of hydrogen-bond acceptors (Lipinski definition) is 3. The summed E-state index contributed by atoms with van der Waals surface area (Å²) in [6.07, 6.45) is 0. The number of hydrogen-bond donors (Lipinski definition) is 2. The highest BCUT2D eigenvalue weighted by Gasteiger charge is 2.10. The minimum Gasteiger partial charge on any atom is -0.484 e. The highest BCUT2D eigenvalue weighted by molar-refractivity contribution is 5.88. The molecule has 20 heavy (non-hydrogen) atoms. The molecule has 2 N–H and O–H groups in total. The van der Waals surface area contributed by atoms with Crippen molar-refractivity contribution in [3.8, 4) is 5.75 Å². The third-order valence-electron chi connectivity index (χ3n) is 2.42. The van der Waals surface area contributed by atoms with Crippen LogP contribution in [0, 0.1) is 11.6 Å². The summed E-state index contributed by atoms with van der Waals surface area (Å²) in [7, 11) is 0. The van der Waals surface area contributed by atoms with Gasteiger partial charge in [0.1, 0.15) is 17.4 Å². The van der Waals surface area contributed by atoms with E-state index in [4.69, 9.17) is 9.84 Å². The standard InChI is InChI=1S/C13H13F2NO4/c1-7(13(18)19)8(2)16-12(17)6-20-11-4-9(14)3-10(15)5-11/h3-5H,6H2,1-2H3,(H,16,17)(H,18,19). The van der Waals surface area contributed by atoms with Gasteiger partial charge in [-0.3, -0.25) is 4.79 Å². The molecule has 108 valence electrons. The van der Waals surface area contributed by atoms with Crippen LogP contribution in [0.1, 0.15) is 13.8 Å². The zero-order chi connectivity index (χ0) is 15.3. The summed E-state index contributed by atoms with van der Waals surface area (Å²) in [4.78, 5) is 22.1. The van der Waals surface area contributed by atoms with Crippen LogP contribution in [0.5, 0.6) is 5.75 Å². The van der Waals surface area contributed by atoms with Crippen LogP contribution in [0.15, 0.2) is 29.5 Å². The Balaban J connectivity index is 2.60. The molecule has 1 aromatic carbocycles. The summed E-state index contributed by atoms with van der Waals surface area (Å²) in [5.41, 5.74) is 0.145. The third kappa shape index (κ3) is 4.68. The number of halogens is 2. The molecule has 1 aromatic rings. The number of carboxylic acid groups (broad SMARTS) is 1. The van der Waals surface area contributed by atoms with Crippen LogP contribution in [-0.2, 0) is 9.59 Å². The Morgan fingerprint density at radius 1 is 1.20 bits per heavy atom. The van der Waals surface area contributed by atoms with Crippen LogP contribution < -0.4 is 10.1 Å². The maximum absolute atomic E-state index is 12.9. The average molecular weight is 285 g/mol. The second kappa shape index (κ2) is 6.65. The highest BCUT2D eigenvalue weighted by Crippen LogP contribution is 2.15. The molecule has 0 saturated heterocycles. The van der Waals surface area contributed by atoms with E-state index in [0.29, 0.717) is 6.07 Å². The van der Waals surface area contributed by atoms with Crippen LogP contribution in [0.25, 0.3) is 0 Å². The number of benzene rings is 1. The number of carbonyl (C=O) groups is 2. The summed E-state index contributed by atoms with van der Waals surface area (Å²) in [5.74, 6) is -3.56. The smallest absolute Gasteiger partial charge is 0.333 e. The number of allylic oxidation sites excluding steroid dienone is 1. The highest BCUT2D eigenvalue weighted by atomic mass is 19.1. The van der Waals surface area contributed by atoms with Gasteiger partial charge in [0, 0.05) is 23.9 Å². The maximum atomic E-state index is 12.9. The zero-order valence-corrected chi connectivity index (χ0v) is 10.9. The van der Waals surface area contributed by atoms with Crippen molar-refractivity contribution in [2.75, 3.05) is 6.61 Å². The maximum Gasteiger partial charge on any atom is 0.333 e. The van der Waals surface area contributed by atoms with Gasteiger partial charge in [0.25, 0.3) is 5.91 Å². The van der Waals surface area contributed by atoms with E-state index in [2.05, 4.69) is 5.32 Å². The lowest BCUT2D eigenvalue weighted by Crippen LogP contribution is -2.28. The Morgan fingerprint density at radius 3 is 2.25 bits per heavy atom. The molecule has 0 aliphatic rings. The second-order valence-corrected chi connectivity index (χ2v) is 4.00. The van der Waals surface area contributed by atoms with Crippen molar-refractivity contribution < 1.29 is 28.2 Å². The molecular weight excluding hydrogens is 272 g/mol. The Hall–Kier alpha value is -2.44. The number of ether oxygens (including phenoxy) is 1. The van der Waals surface area contributed by atoms with Gasteiger partial charge in [-0.05, 0) is 13.8 Å². The monoisotopic (exact) mass is 285 g/mol. The van der Waals surface area contributed by atoms with Crippen molar-refractivity contribution in [1.29, 1.82) is 0 Å². The molecule has 1 rings (SSSR count). The molecule has 0 saturated carbocycles. The Morgan fingerprint density at radius 2 is 1.75 bits per heavy atom. The van der Waals surface area contributed by atoms with Gasteiger partial charge >= 0.3 is 5.97 Å². The van der Waals surface area contributed by atoms with Gasteiger partial charge < -0.3 is 15.2 Å². The van der Waals surface area contributed by atoms with Crippen molar-refractivity contribution >= 4 is 11.9 Å². The lowest BCUT2D eigenvalue weighted by atomic mass is 10.2. The van der Waals surface area contributed by atoms with Crippen LogP contribution in [-0.4, -0.2) is 23.6 Å². The van der Waals surface area contributed by atoms with Crippen molar-refractivity contribution in [2.45, 2.75) is 13.8 Å². The van der Waals surface area contributed by atoms with E-state index in [-0.39, 0.29) is 17.0 Å². The number of nitrogens with one attached hydrogen (secondary N) is 1. The topological polar surface area (TPSA) is 75.6 Å². The SMILES string of the molecule is CC(NC(=O)COc1cc(F)cc(F)c1)=C(C)C(=O)O. The van der Waals surface area contributed by atoms with E-state index in [9.17, 15) is 18.4 Å². The first kappa shape index (κ1) is 15.6. The molecule has 0 aliphatic carbocycles. The summed E-state index contributed by atoms with van der Waals surface area (Å²) in [6.45, 7) is 2.26. The van der Waals surface area contributed by atoms with Gasteiger partial charge in [0.2, 0.25) is 0 Å². The van der Waals surface area contributed by atoms with Crippen LogP contribution in [0.4, 0.5) is 8.78 Å². The lowest BCUT2D eigenvalue weighted by molar-refractivity contribution is -0.132. The van der Waals surface area contributed by atoms with Gasteiger partial charge in [-0.1, -0.05) is 0 Å². The normalized spacial score (nSPS) is 11.6. The molecule has 0 aromatic heterocycles. The lowest BCUT2D eigenvalue weighted by Gasteiger charge is -2.09. The largest absolute Gasteiger partial charge is 0.484 e. The molecule has 0 atom stereocenters. The molecule has 0 spiro atoms. The molecule has 0 bridgehead atoms. The Labute approximate surface area is 113 Å². The fourth-order valence-corrected chi connectivity index (χ4v) is 1.26. The first-order valence-electron chi connectivity index (χ1n) is 5.59. The predicted octanol–water partition coefficient (Wildman–Crippen LogP) is 1.84. The van der Waals surface area contributed by atoms with Crippen LogP contribution >= 0.6 is 0 Å². The second-order valence-electron chi connectivity index (χ2n) is 4.00. The quantitative estimate of drug-likeness (QED) is 0.809. The molecule has 0 heterocycles. The van der Waals surface area contributed by atoms with Crippen LogP contribution in [0.3, 0.4) is 0 Å². The first-order valence-corrected chi connectivity index (χ1v) is 5.59. The Kier molecular flexibility index (Phi) is 5.19. The molecular formula is C13H13F2NO4. The number of rotatable bonds is 5. The van der Waals surface area contributed by atoms with Gasteiger partial charge in [0.15, 0.2) is 6.61 Å². The van der Waals surface area contributed by atoms with E-state index >= 15 is 0 Å².